The SMILES string of the molecule is CCOc1cc(F)cc(C(C)=O)c1[N+](=O)[O-]. The van der Waals surface area contributed by atoms with Crippen molar-refractivity contribution in [2.24, 2.45) is 0 Å². The number of nitrogens with zero attached hydrogens (tertiary/aromatic N) is 1. The number of hydrogen-bond donors (Lipinski definition) is 0. The Labute approximate surface area is 91.0 Å². The van der Waals surface area contributed by atoms with Crippen LogP contribution < -0.4 is 4.74 Å². The van der Waals surface area contributed by atoms with E-state index in [1.807, 2.05) is 0 Å². The molecule has 1 rings (SSSR count). The smallest absolute Gasteiger partial charge is 0.321 e. The third-order valence-electron chi connectivity index (χ3n) is 1.90. The van der Waals surface area contributed by atoms with E-state index < -0.39 is 22.2 Å². The highest BCUT2D eigenvalue weighted by molar-refractivity contribution is 5.99. The van der Waals surface area contributed by atoms with Gasteiger partial charge in [0.05, 0.1) is 11.5 Å². The molecule has 0 aliphatic heterocycles. The van der Waals surface area contributed by atoms with Crippen molar-refractivity contribution in [1.82, 2.24) is 0 Å². The molecule has 86 valence electrons. The van der Waals surface area contributed by atoms with E-state index in [9.17, 15) is 19.3 Å². The first-order valence-corrected chi connectivity index (χ1v) is 4.59. The highest BCUT2D eigenvalue weighted by Crippen LogP contribution is 2.32. The molecule has 16 heavy (non-hydrogen) atoms. The van der Waals surface area contributed by atoms with E-state index >= 15 is 0 Å². The lowest BCUT2D eigenvalue weighted by Gasteiger charge is -2.06. The normalized spacial score (nSPS) is 9.94. The zero-order valence-corrected chi connectivity index (χ0v) is 8.82. The summed E-state index contributed by atoms with van der Waals surface area (Å²) in [6, 6.07) is 1.73. The molecule has 0 unspecified atom stereocenters. The number of carbonyl (C=O) groups excluding carboxylic acids is 1. The predicted molar refractivity (Wildman–Crippen MR) is 54.2 cm³/mol. The van der Waals surface area contributed by atoms with Gasteiger partial charge in [0, 0.05) is 6.07 Å². The fourth-order valence-electron chi connectivity index (χ4n) is 1.30. The predicted octanol–water partition coefficient (Wildman–Crippen LogP) is 2.34. The van der Waals surface area contributed by atoms with Crippen LogP contribution in [-0.2, 0) is 0 Å². The first kappa shape index (κ1) is 12.1. The zero-order valence-electron chi connectivity index (χ0n) is 8.82. The Morgan fingerprint density at radius 2 is 2.19 bits per heavy atom. The van der Waals surface area contributed by atoms with Gasteiger partial charge in [-0.15, -0.1) is 0 Å². The topological polar surface area (TPSA) is 69.4 Å². The van der Waals surface area contributed by atoms with E-state index in [-0.39, 0.29) is 17.9 Å². The van der Waals surface area contributed by atoms with E-state index in [1.54, 1.807) is 6.92 Å². The minimum absolute atomic E-state index is 0.154. The molecule has 0 N–H and O–H groups in total. The van der Waals surface area contributed by atoms with Crippen molar-refractivity contribution in [3.05, 3.63) is 33.6 Å². The summed E-state index contributed by atoms with van der Waals surface area (Å²) in [5.41, 5.74) is -0.774. The van der Waals surface area contributed by atoms with Crippen LogP contribution in [-0.4, -0.2) is 17.3 Å². The number of carbonyl (C=O) groups is 1. The summed E-state index contributed by atoms with van der Waals surface area (Å²) in [6.45, 7) is 2.90. The fourth-order valence-corrected chi connectivity index (χ4v) is 1.30. The van der Waals surface area contributed by atoms with Gasteiger partial charge in [-0.1, -0.05) is 0 Å². The van der Waals surface area contributed by atoms with E-state index in [4.69, 9.17) is 4.74 Å². The van der Waals surface area contributed by atoms with E-state index in [2.05, 4.69) is 0 Å². The molecule has 0 radical (unpaired) electrons. The van der Waals surface area contributed by atoms with Gasteiger partial charge in [-0.25, -0.2) is 4.39 Å². The molecule has 0 bridgehead atoms. The van der Waals surface area contributed by atoms with Gasteiger partial charge < -0.3 is 4.74 Å². The lowest BCUT2D eigenvalue weighted by molar-refractivity contribution is -0.386. The second kappa shape index (κ2) is 4.69. The molecule has 1 aromatic carbocycles. The number of hydrogen-bond acceptors (Lipinski definition) is 4. The van der Waals surface area contributed by atoms with Crippen LogP contribution in [0, 0.1) is 15.9 Å². The lowest BCUT2D eigenvalue weighted by atomic mass is 10.1. The molecule has 0 spiro atoms. The van der Waals surface area contributed by atoms with Crippen molar-refractivity contribution < 1.29 is 18.8 Å². The molecule has 0 atom stereocenters. The van der Waals surface area contributed by atoms with Crippen molar-refractivity contribution in [3.63, 3.8) is 0 Å². The zero-order chi connectivity index (χ0) is 12.3. The van der Waals surface area contributed by atoms with Crippen LogP contribution in [0.1, 0.15) is 24.2 Å². The van der Waals surface area contributed by atoms with E-state index in [0.717, 1.165) is 19.1 Å². The van der Waals surface area contributed by atoms with Crippen molar-refractivity contribution in [3.8, 4) is 5.75 Å². The Balaban J connectivity index is 3.47. The average Bonchev–Trinajstić information content (AvgIpc) is 2.16. The van der Waals surface area contributed by atoms with E-state index in [0.29, 0.717) is 0 Å². The van der Waals surface area contributed by atoms with Gasteiger partial charge in [-0.3, -0.25) is 14.9 Å². The molecular formula is C10H10FNO4. The number of ketones is 1. The van der Waals surface area contributed by atoms with Gasteiger partial charge in [0.2, 0.25) is 5.75 Å². The van der Waals surface area contributed by atoms with Crippen LogP contribution in [0.2, 0.25) is 0 Å². The number of nitro benzene ring substituents is 1. The number of halogens is 1. The minimum atomic E-state index is -0.749. The summed E-state index contributed by atoms with van der Waals surface area (Å²) < 4.78 is 18.0. The van der Waals surface area contributed by atoms with Gasteiger partial charge in [0.1, 0.15) is 11.4 Å². The molecule has 0 aliphatic rings. The number of nitro groups is 1. The highest BCUT2D eigenvalue weighted by Gasteiger charge is 2.25. The largest absolute Gasteiger partial charge is 0.487 e. The Bertz CT molecular complexity index is 445. The maximum Gasteiger partial charge on any atom is 0.321 e. The molecule has 5 nitrogen and oxygen atoms in total. The maximum absolute atomic E-state index is 13.1. The molecule has 1 aromatic rings. The summed E-state index contributed by atoms with van der Waals surface area (Å²) in [6.07, 6.45) is 0. The summed E-state index contributed by atoms with van der Waals surface area (Å²) in [5.74, 6) is -1.54. The Morgan fingerprint density at radius 3 is 2.62 bits per heavy atom. The first-order valence-electron chi connectivity index (χ1n) is 4.59. The molecule has 0 heterocycles. The molecule has 0 fully saturated rings. The molecule has 0 saturated heterocycles. The number of benzene rings is 1. The summed E-state index contributed by atoms with van der Waals surface area (Å²) >= 11 is 0. The van der Waals surface area contributed by atoms with E-state index in [1.165, 1.54) is 0 Å². The summed E-state index contributed by atoms with van der Waals surface area (Å²) in [7, 11) is 0. The molecule has 6 heteroatoms. The average molecular weight is 227 g/mol. The third kappa shape index (κ3) is 2.33. The van der Waals surface area contributed by atoms with Crippen molar-refractivity contribution >= 4 is 11.5 Å². The number of rotatable bonds is 4. The second-order valence-electron chi connectivity index (χ2n) is 3.05. The maximum atomic E-state index is 13.1. The number of ether oxygens (including phenoxy) is 1. The van der Waals surface area contributed by atoms with Crippen LogP contribution in [0.3, 0.4) is 0 Å². The second-order valence-corrected chi connectivity index (χ2v) is 3.05. The van der Waals surface area contributed by atoms with Crippen molar-refractivity contribution in [2.45, 2.75) is 13.8 Å². The monoisotopic (exact) mass is 227 g/mol. The van der Waals surface area contributed by atoms with Crippen molar-refractivity contribution in [2.75, 3.05) is 6.61 Å². The molecule has 0 aromatic heterocycles. The van der Waals surface area contributed by atoms with Crippen LogP contribution >= 0.6 is 0 Å². The lowest BCUT2D eigenvalue weighted by Crippen LogP contribution is -2.05. The van der Waals surface area contributed by atoms with Gasteiger partial charge in [-0.05, 0) is 19.9 Å². The summed E-state index contributed by atoms with van der Waals surface area (Å²) in [4.78, 5) is 21.2. The van der Waals surface area contributed by atoms with Crippen LogP contribution in [0.5, 0.6) is 5.75 Å². The highest BCUT2D eigenvalue weighted by atomic mass is 19.1. The van der Waals surface area contributed by atoms with Gasteiger partial charge in [0.25, 0.3) is 0 Å². The van der Waals surface area contributed by atoms with Crippen LogP contribution in [0.4, 0.5) is 10.1 Å². The Morgan fingerprint density at radius 1 is 1.56 bits per heavy atom. The van der Waals surface area contributed by atoms with Gasteiger partial charge in [0.15, 0.2) is 5.78 Å². The van der Waals surface area contributed by atoms with Gasteiger partial charge >= 0.3 is 5.69 Å². The van der Waals surface area contributed by atoms with Crippen LogP contribution in [0.25, 0.3) is 0 Å². The molecular weight excluding hydrogens is 217 g/mol. The van der Waals surface area contributed by atoms with Crippen molar-refractivity contribution in [1.29, 1.82) is 0 Å². The van der Waals surface area contributed by atoms with Crippen LogP contribution in [0.15, 0.2) is 12.1 Å². The Kier molecular flexibility index (Phi) is 3.55. The summed E-state index contributed by atoms with van der Waals surface area (Å²) in [5, 5.41) is 10.8. The Hall–Kier alpha value is -1.98. The molecule has 0 amide bonds. The first-order chi connectivity index (χ1) is 7.47. The minimum Gasteiger partial charge on any atom is -0.487 e. The molecule has 0 aliphatic carbocycles. The molecule has 0 saturated carbocycles. The number of Topliss-reactive ketones (excluding diaryl/α,β-unsaturated/α-hetero) is 1. The van der Waals surface area contributed by atoms with Gasteiger partial charge in [-0.2, -0.15) is 0 Å². The standard InChI is InChI=1S/C10H10FNO4/c1-3-16-9-5-7(11)4-8(6(2)13)10(9)12(14)15/h4-5H,3H2,1-2H3. The fraction of sp³-hybridized carbons (Fsp3) is 0.300. The quantitative estimate of drug-likeness (QED) is 0.449. The third-order valence-corrected chi connectivity index (χ3v) is 1.90.